The third-order valence-corrected chi connectivity index (χ3v) is 8.38. The molecule has 2 aromatic rings. The van der Waals surface area contributed by atoms with Gasteiger partial charge in [-0.25, -0.2) is 8.42 Å². The minimum Gasteiger partial charge on any atom is -0.726 e. The normalized spacial score (nSPS) is 19.7. The highest BCUT2D eigenvalue weighted by Crippen LogP contribution is 2.40. The van der Waals surface area contributed by atoms with Gasteiger partial charge in [-0.05, 0) is 48.4 Å². The Labute approximate surface area is 250 Å². The van der Waals surface area contributed by atoms with Gasteiger partial charge in [0, 0.05) is 19.6 Å². The van der Waals surface area contributed by atoms with Gasteiger partial charge in [0.15, 0.2) is 0 Å². The molecule has 4 rings (SSSR count). The van der Waals surface area contributed by atoms with Crippen LogP contribution in [-0.4, -0.2) is 104 Å². The first-order valence-corrected chi connectivity index (χ1v) is 15.6. The van der Waals surface area contributed by atoms with Crippen LogP contribution < -0.4 is 5.73 Å². The number of likely N-dealkylation sites (N-methyl/N-ethyl adjacent to an activating group) is 1. The maximum atomic E-state index is 11.7. The molecule has 2 fully saturated rings. The topological polar surface area (TPSA) is 173 Å². The first-order chi connectivity index (χ1) is 19.6. The van der Waals surface area contributed by atoms with Gasteiger partial charge in [-0.3, -0.25) is 13.9 Å². The van der Waals surface area contributed by atoms with Crippen LogP contribution in [0.4, 0.5) is 0 Å². The third kappa shape index (κ3) is 12.3. The van der Waals surface area contributed by atoms with Gasteiger partial charge in [0.25, 0.3) is 0 Å². The van der Waals surface area contributed by atoms with E-state index in [4.69, 9.17) is 15.9 Å². The molecule has 12 heteroatoms. The Kier molecular flexibility index (Phi) is 13.8. The van der Waals surface area contributed by atoms with Gasteiger partial charge >= 0.3 is 5.97 Å². The summed E-state index contributed by atoms with van der Waals surface area (Å²) >= 11 is 0. The van der Waals surface area contributed by atoms with Crippen molar-refractivity contribution < 1.29 is 41.8 Å². The predicted octanol–water partition coefficient (Wildman–Crippen LogP) is 2.29. The number of aliphatic carboxylic acids is 1. The number of piperazine rings is 1. The quantitative estimate of drug-likeness (QED) is 0.198. The van der Waals surface area contributed by atoms with Crippen LogP contribution in [0.5, 0.6) is 5.75 Å². The summed E-state index contributed by atoms with van der Waals surface area (Å²) in [5, 5.41) is 29.2. The van der Waals surface area contributed by atoms with Crippen LogP contribution in [0.2, 0.25) is 0 Å². The van der Waals surface area contributed by atoms with E-state index < -0.39 is 28.0 Å². The van der Waals surface area contributed by atoms with Crippen molar-refractivity contribution >= 4 is 16.4 Å². The fraction of sp³-hybridized carbons (Fsp3) is 0.567. The van der Waals surface area contributed by atoms with Crippen molar-refractivity contribution in [1.82, 2.24) is 4.90 Å². The number of carboxylic acid groups (broad SMARTS) is 1. The molecule has 0 radical (unpaired) electrons. The van der Waals surface area contributed by atoms with E-state index in [0.717, 1.165) is 42.4 Å². The van der Waals surface area contributed by atoms with E-state index in [1.54, 1.807) is 12.1 Å². The smallest absolute Gasteiger partial charge is 0.320 e. The van der Waals surface area contributed by atoms with E-state index in [2.05, 4.69) is 47.4 Å². The van der Waals surface area contributed by atoms with Gasteiger partial charge in [0.2, 0.25) is 10.4 Å². The van der Waals surface area contributed by atoms with Crippen molar-refractivity contribution in [2.24, 2.45) is 11.7 Å². The first-order valence-electron chi connectivity index (χ1n) is 14.3. The molecule has 0 amide bonds. The summed E-state index contributed by atoms with van der Waals surface area (Å²) in [6.45, 7) is 5.33. The van der Waals surface area contributed by atoms with Crippen molar-refractivity contribution in [3.05, 3.63) is 65.7 Å². The van der Waals surface area contributed by atoms with Gasteiger partial charge in [-0.2, -0.15) is 0 Å². The average Bonchev–Trinajstić information content (AvgIpc) is 2.96. The lowest BCUT2D eigenvalue weighted by Crippen LogP contribution is -2.58. The maximum absolute atomic E-state index is 11.7. The number of benzene rings is 2. The molecular formula is C30H47N3O8S. The van der Waals surface area contributed by atoms with E-state index in [1.807, 2.05) is 6.07 Å². The fourth-order valence-corrected chi connectivity index (χ4v) is 5.28. The molecule has 0 spiro atoms. The largest absolute Gasteiger partial charge is 0.726 e. The van der Waals surface area contributed by atoms with E-state index in [9.17, 15) is 22.9 Å². The summed E-state index contributed by atoms with van der Waals surface area (Å²) in [4.78, 5) is 12.9. The maximum Gasteiger partial charge on any atom is 0.320 e. The van der Waals surface area contributed by atoms with Crippen LogP contribution in [0.3, 0.4) is 0 Å². The number of carboxylic acids is 1. The van der Waals surface area contributed by atoms with Crippen LogP contribution in [0.1, 0.15) is 43.2 Å². The van der Waals surface area contributed by atoms with Crippen LogP contribution in [0.25, 0.3) is 0 Å². The molecule has 1 heterocycles. The monoisotopic (exact) mass is 609 g/mol. The molecule has 1 aliphatic heterocycles. The second kappa shape index (κ2) is 16.3. The number of nitrogens with two attached hydrogens (primary N) is 1. The minimum atomic E-state index is -4.41. The van der Waals surface area contributed by atoms with Gasteiger partial charge in [0.1, 0.15) is 17.4 Å². The van der Waals surface area contributed by atoms with E-state index in [0.29, 0.717) is 5.92 Å². The third-order valence-electron chi connectivity index (χ3n) is 7.98. The lowest BCUT2D eigenvalue weighted by molar-refractivity contribution is -0.894. The number of aromatic hydroxyl groups is 1. The number of phenolic OH excluding ortho intramolecular Hbond substituents is 1. The Morgan fingerprint density at radius 1 is 1.07 bits per heavy atom. The van der Waals surface area contributed by atoms with Gasteiger partial charge < -0.3 is 30.1 Å². The van der Waals surface area contributed by atoms with Gasteiger partial charge in [0.05, 0.1) is 34.3 Å². The summed E-state index contributed by atoms with van der Waals surface area (Å²) in [5.41, 5.74) is 6.56. The number of hydrogen-bond donors (Lipinski definition) is 4. The Balaban J connectivity index is 0.000000273. The van der Waals surface area contributed by atoms with Crippen LogP contribution in [0.15, 0.2) is 54.6 Å². The molecule has 42 heavy (non-hydrogen) atoms. The van der Waals surface area contributed by atoms with Crippen LogP contribution >= 0.6 is 0 Å². The van der Waals surface area contributed by atoms with Crippen molar-refractivity contribution in [2.45, 2.75) is 50.2 Å². The zero-order chi connectivity index (χ0) is 31.4. The van der Waals surface area contributed by atoms with Gasteiger partial charge in [-0.15, -0.1) is 0 Å². The Bertz CT molecular complexity index is 1180. The minimum absolute atomic E-state index is 0.160. The number of carbonyl (C=O) groups is 1. The highest BCUT2D eigenvalue weighted by Gasteiger charge is 2.41. The number of aliphatic hydroxyl groups is 1. The lowest BCUT2D eigenvalue weighted by atomic mass is 9.73. The molecule has 2 atom stereocenters. The fourth-order valence-electron chi connectivity index (χ4n) is 5.28. The van der Waals surface area contributed by atoms with E-state index >= 15 is 0 Å². The molecule has 1 saturated carbocycles. The highest BCUT2D eigenvalue weighted by atomic mass is 32.3. The van der Waals surface area contributed by atoms with Crippen molar-refractivity contribution in [3.8, 4) is 5.75 Å². The molecule has 0 bridgehead atoms. The predicted molar refractivity (Wildman–Crippen MR) is 159 cm³/mol. The molecule has 1 saturated heterocycles. The van der Waals surface area contributed by atoms with Crippen molar-refractivity contribution in [3.63, 3.8) is 0 Å². The Morgan fingerprint density at radius 3 is 2.07 bits per heavy atom. The van der Waals surface area contributed by atoms with Crippen LogP contribution in [-0.2, 0) is 31.4 Å². The molecule has 1 aliphatic carbocycles. The summed E-state index contributed by atoms with van der Waals surface area (Å²) < 4.78 is 32.1. The highest BCUT2D eigenvalue weighted by molar-refractivity contribution is 7.80. The van der Waals surface area contributed by atoms with Gasteiger partial charge in [-0.1, -0.05) is 61.7 Å². The summed E-state index contributed by atoms with van der Waals surface area (Å²) in [7, 11) is 1.01. The Hall–Kier alpha value is -2.58. The van der Waals surface area contributed by atoms with E-state index in [1.165, 1.54) is 57.3 Å². The zero-order valence-electron chi connectivity index (χ0n) is 24.9. The molecule has 2 unspecified atom stereocenters. The number of β-amino-alcohol motifs (C(OH)–C–C–N with tert-alkyl or cyclic N) is 1. The van der Waals surface area contributed by atoms with Crippen LogP contribution in [0, 0.1) is 5.92 Å². The molecule has 236 valence electrons. The van der Waals surface area contributed by atoms with Crippen molar-refractivity contribution in [1.29, 1.82) is 0 Å². The number of hydrogen-bond acceptors (Lipinski definition) is 9. The van der Waals surface area contributed by atoms with E-state index in [-0.39, 0.29) is 12.2 Å². The zero-order valence-corrected chi connectivity index (χ0v) is 25.7. The summed E-state index contributed by atoms with van der Waals surface area (Å²) in [5.74, 6) is -0.455. The molecule has 2 aliphatic rings. The second-order valence-electron chi connectivity index (χ2n) is 11.7. The number of rotatable bonds is 8. The number of quaternary nitrogens is 1. The molecule has 2 aromatic carbocycles. The molecular weight excluding hydrogens is 562 g/mol. The summed E-state index contributed by atoms with van der Waals surface area (Å²) in [6.07, 6.45) is 6.47. The van der Waals surface area contributed by atoms with Crippen molar-refractivity contribution in [2.75, 3.05) is 53.9 Å². The Morgan fingerprint density at radius 2 is 1.60 bits per heavy atom. The second-order valence-corrected chi connectivity index (χ2v) is 12.8. The number of phenols is 1. The lowest BCUT2D eigenvalue weighted by Gasteiger charge is -2.45. The standard InChI is InChI=1S/C20H33N2O.C9H11NO3.CH4O4S/c1-22(2)15-13-21(14-16-22)17-20(23,18-9-5-3-6-10-18)19-11-7-4-8-12-19;10-8(9(12)13)5-6-1-3-7(11)4-2-6;1-5-6(2,3)4/h3,5-6,9-10,19,23H,4,7-8,11-17H2,1-2H3;1-4,8,11H,5,10H2,(H,12,13);1H3,(H,2,3,4)/q+1;;/p-1. The average molecular weight is 610 g/mol. The molecule has 0 aromatic heterocycles. The SMILES string of the molecule is COS(=O)(=O)[O-].C[N+]1(C)CCN(CC(O)(c2ccccc2)C2CCCCC2)CC1.NC(Cc1ccc(O)cc1)C(=O)O. The summed E-state index contributed by atoms with van der Waals surface area (Å²) in [6, 6.07) is 15.9. The first kappa shape index (κ1) is 35.6. The molecule has 5 N–H and O–H groups in total. The number of nitrogens with zero attached hydrogens (tertiary/aromatic N) is 2. The molecule has 11 nitrogen and oxygen atoms in total.